The summed E-state index contributed by atoms with van der Waals surface area (Å²) < 4.78 is 6.18. The van der Waals surface area contributed by atoms with Gasteiger partial charge in [0.05, 0.1) is 16.8 Å². The summed E-state index contributed by atoms with van der Waals surface area (Å²) in [6.45, 7) is 4.17. The summed E-state index contributed by atoms with van der Waals surface area (Å²) in [5.74, 6) is -0.374. The van der Waals surface area contributed by atoms with Crippen molar-refractivity contribution in [2.75, 3.05) is 0 Å². The van der Waals surface area contributed by atoms with Crippen molar-refractivity contribution in [1.29, 1.82) is 0 Å². The van der Waals surface area contributed by atoms with Crippen molar-refractivity contribution in [3.8, 4) is 11.3 Å². The molecule has 1 aromatic heterocycles. The molecule has 0 saturated carbocycles. The van der Waals surface area contributed by atoms with Crippen LogP contribution in [-0.2, 0) is 4.74 Å². The highest BCUT2D eigenvalue weighted by molar-refractivity contribution is 6.04. The van der Waals surface area contributed by atoms with Crippen LogP contribution in [0.4, 0.5) is 0 Å². The quantitative estimate of drug-likeness (QED) is 0.265. The zero-order valence-corrected chi connectivity index (χ0v) is 19.2. The Morgan fingerprint density at radius 2 is 1.32 bits per heavy atom. The minimum Gasteiger partial charge on any atom is -0.449 e. The Bertz CT molecular complexity index is 1420. The molecule has 3 heteroatoms. The fourth-order valence-corrected chi connectivity index (χ4v) is 4.15. The molecule has 0 unspecified atom stereocenters. The van der Waals surface area contributed by atoms with Gasteiger partial charge in [0.1, 0.15) is 0 Å². The van der Waals surface area contributed by atoms with Gasteiger partial charge in [-0.15, -0.1) is 0 Å². The molecule has 0 spiro atoms. The van der Waals surface area contributed by atoms with Crippen molar-refractivity contribution in [3.05, 3.63) is 137 Å². The fraction of sp³-hybridized carbons (Fsp3) is 0.0968. The van der Waals surface area contributed by atoms with E-state index in [-0.39, 0.29) is 5.97 Å². The molecule has 0 atom stereocenters. The molecule has 0 aliphatic heterocycles. The van der Waals surface area contributed by atoms with E-state index in [2.05, 4.69) is 26.0 Å². The molecule has 5 aromatic rings. The summed E-state index contributed by atoms with van der Waals surface area (Å²) in [6, 6.07) is 35.5. The van der Waals surface area contributed by atoms with E-state index < -0.39 is 6.10 Å². The lowest BCUT2D eigenvalue weighted by molar-refractivity contribution is 0.0380. The zero-order chi connectivity index (χ0) is 23.5. The molecule has 0 bridgehead atoms. The molecular weight excluding hydrogens is 418 g/mol. The second kappa shape index (κ2) is 9.32. The van der Waals surface area contributed by atoms with Crippen LogP contribution in [-0.4, -0.2) is 11.0 Å². The first-order valence-corrected chi connectivity index (χ1v) is 11.4. The fourth-order valence-electron chi connectivity index (χ4n) is 4.15. The molecule has 34 heavy (non-hydrogen) atoms. The molecule has 5 rings (SSSR count). The predicted octanol–water partition coefficient (Wildman–Crippen LogP) is 7.47. The number of carbonyl (C=O) groups is 1. The first-order valence-electron chi connectivity index (χ1n) is 11.4. The summed E-state index contributed by atoms with van der Waals surface area (Å²) in [5.41, 5.74) is 7.26. The zero-order valence-electron chi connectivity index (χ0n) is 19.2. The van der Waals surface area contributed by atoms with Crippen LogP contribution < -0.4 is 0 Å². The molecule has 0 radical (unpaired) electrons. The molecule has 166 valence electrons. The molecule has 3 nitrogen and oxygen atoms in total. The second-order valence-corrected chi connectivity index (χ2v) is 8.48. The standard InChI is InChI=1S/C31H25NO2/c1-21-17-18-25(19-22(21)2)29-20-27(26-15-9-10-16-28(26)32-29)31(33)34-30(23-11-5-3-6-12-23)24-13-7-4-8-14-24/h3-20,30H,1-2H3. The summed E-state index contributed by atoms with van der Waals surface area (Å²) in [4.78, 5) is 18.5. The number of ether oxygens (including phenoxy) is 1. The Labute approximate surface area is 199 Å². The van der Waals surface area contributed by atoms with Gasteiger partial charge in [0.25, 0.3) is 0 Å². The van der Waals surface area contributed by atoms with E-state index in [0.717, 1.165) is 33.3 Å². The van der Waals surface area contributed by atoms with Crippen LogP contribution in [0.5, 0.6) is 0 Å². The Balaban J connectivity index is 1.60. The van der Waals surface area contributed by atoms with Gasteiger partial charge in [-0.2, -0.15) is 0 Å². The number of rotatable bonds is 5. The molecule has 0 fully saturated rings. The van der Waals surface area contributed by atoms with E-state index in [1.54, 1.807) is 0 Å². The molecule has 0 saturated heterocycles. The Morgan fingerprint density at radius 3 is 1.97 bits per heavy atom. The number of para-hydroxylation sites is 1. The van der Waals surface area contributed by atoms with Crippen LogP contribution in [0.3, 0.4) is 0 Å². The number of fused-ring (bicyclic) bond motifs is 1. The Kier molecular flexibility index (Phi) is 5.92. The monoisotopic (exact) mass is 443 g/mol. The molecular formula is C31H25NO2. The second-order valence-electron chi connectivity index (χ2n) is 8.48. The van der Waals surface area contributed by atoms with Crippen molar-refractivity contribution >= 4 is 16.9 Å². The molecule has 0 aliphatic carbocycles. The lowest BCUT2D eigenvalue weighted by Crippen LogP contribution is -2.14. The van der Waals surface area contributed by atoms with Gasteiger partial charge < -0.3 is 4.74 Å². The third-order valence-corrected chi connectivity index (χ3v) is 6.17. The topological polar surface area (TPSA) is 39.2 Å². The van der Waals surface area contributed by atoms with Crippen molar-refractivity contribution in [1.82, 2.24) is 4.98 Å². The summed E-state index contributed by atoms with van der Waals surface area (Å²) in [6.07, 6.45) is -0.508. The van der Waals surface area contributed by atoms with Crippen molar-refractivity contribution in [2.24, 2.45) is 0 Å². The number of benzene rings is 4. The van der Waals surface area contributed by atoms with E-state index in [9.17, 15) is 4.79 Å². The van der Waals surface area contributed by atoms with E-state index >= 15 is 0 Å². The van der Waals surface area contributed by atoms with Crippen LogP contribution in [0.15, 0.2) is 109 Å². The van der Waals surface area contributed by atoms with E-state index in [1.807, 2.05) is 97.1 Å². The summed E-state index contributed by atoms with van der Waals surface area (Å²) in [5, 5.41) is 0.778. The minimum atomic E-state index is -0.508. The normalized spacial score (nSPS) is 11.0. The van der Waals surface area contributed by atoms with Crippen LogP contribution in [0.2, 0.25) is 0 Å². The smallest absolute Gasteiger partial charge is 0.339 e. The molecule has 0 N–H and O–H groups in total. The first-order chi connectivity index (χ1) is 16.6. The van der Waals surface area contributed by atoms with Gasteiger partial charge in [-0.05, 0) is 54.3 Å². The van der Waals surface area contributed by atoms with Crippen molar-refractivity contribution < 1.29 is 9.53 Å². The number of nitrogens with zero attached hydrogens (tertiary/aromatic N) is 1. The molecule has 4 aromatic carbocycles. The highest BCUT2D eigenvalue weighted by atomic mass is 16.5. The average Bonchev–Trinajstić information content (AvgIpc) is 2.89. The largest absolute Gasteiger partial charge is 0.449 e. The number of hydrogen-bond donors (Lipinski definition) is 0. The molecule has 0 aliphatic rings. The Morgan fingerprint density at radius 1 is 0.706 bits per heavy atom. The highest BCUT2D eigenvalue weighted by Gasteiger charge is 2.22. The number of pyridine rings is 1. The summed E-state index contributed by atoms with van der Waals surface area (Å²) >= 11 is 0. The number of aromatic nitrogens is 1. The Hall–Kier alpha value is -4.24. The number of aryl methyl sites for hydroxylation is 2. The first kappa shape index (κ1) is 21.6. The number of carbonyl (C=O) groups excluding carboxylic acids is 1. The maximum Gasteiger partial charge on any atom is 0.339 e. The van der Waals surface area contributed by atoms with Gasteiger partial charge in [0.2, 0.25) is 0 Å². The van der Waals surface area contributed by atoms with E-state index in [4.69, 9.17) is 9.72 Å². The molecule has 1 heterocycles. The lowest BCUT2D eigenvalue weighted by Gasteiger charge is -2.20. The maximum atomic E-state index is 13.7. The van der Waals surface area contributed by atoms with Gasteiger partial charge >= 0.3 is 5.97 Å². The van der Waals surface area contributed by atoms with Gasteiger partial charge in [-0.25, -0.2) is 9.78 Å². The van der Waals surface area contributed by atoms with Crippen molar-refractivity contribution in [2.45, 2.75) is 20.0 Å². The van der Waals surface area contributed by atoms with Crippen LogP contribution >= 0.6 is 0 Å². The van der Waals surface area contributed by atoms with E-state index in [0.29, 0.717) is 5.56 Å². The SMILES string of the molecule is Cc1ccc(-c2cc(C(=O)OC(c3ccccc3)c3ccccc3)c3ccccc3n2)cc1C. The lowest BCUT2D eigenvalue weighted by atomic mass is 10.00. The van der Waals surface area contributed by atoms with Crippen LogP contribution in [0.1, 0.15) is 38.7 Å². The van der Waals surface area contributed by atoms with Crippen molar-refractivity contribution in [3.63, 3.8) is 0 Å². The van der Waals surface area contributed by atoms with Gasteiger partial charge in [0.15, 0.2) is 6.10 Å². The van der Waals surface area contributed by atoms with Gasteiger partial charge in [0, 0.05) is 10.9 Å². The summed E-state index contributed by atoms with van der Waals surface area (Å²) in [7, 11) is 0. The highest BCUT2D eigenvalue weighted by Crippen LogP contribution is 2.31. The van der Waals surface area contributed by atoms with Crippen LogP contribution in [0.25, 0.3) is 22.2 Å². The number of hydrogen-bond acceptors (Lipinski definition) is 3. The predicted molar refractivity (Wildman–Crippen MR) is 137 cm³/mol. The minimum absolute atomic E-state index is 0.374. The molecule has 0 amide bonds. The third-order valence-electron chi connectivity index (χ3n) is 6.17. The number of esters is 1. The van der Waals surface area contributed by atoms with Gasteiger partial charge in [-0.1, -0.05) is 91.0 Å². The third kappa shape index (κ3) is 4.33. The maximum absolute atomic E-state index is 13.7. The average molecular weight is 444 g/mol. The van der Waals surface area contributed by atoms with Crippen LogP contribution in [0, 0.1) is 13.8 Å². The van der Waals surface area contributed by atoms with E-state index in [1.165, 1.54) is 11.1 Å². The van der Waals surface area contributed by atoms with Gasteiger partial charge in [-0.3, -0.25) is 0 Å².